The zero-order valence-corrected chi connectivity index (χ0v) is 7.62. The molecule has 0 saturated carbocycles. The summed E-state index contributed by atoms with van der Waals surface area (Å²) < 4.78 is 0. The highest BCUT2D eigenvalue weighted by Gasteiger charge is 2.28. The van der Waals surface area contributed by atoms with Crippen LogP contribution in [0.2, 0.25) is 0 Å². The van der Waals surface area contributed by atoms with E-state index in [1.165, 1.54) is 0 Å². The topological polar surface area (TPSA) is 20.2 Å². The molecule has 4 atom stereocenters. The first-order chi connectivity index (χ1) is 5.16. The van der Waals surface area contributed by atoms with Crippen molar-refractivity contribution in [1.82, 2.24) is 0 Å². The zero-order valence-electron chi connectivity index (χ0n) is 7.62. The van der Waals surface area contributed by atoms with Crippen LogP contribution in [0.15, 0.2) is 12.2 Å². The second-order valence-electron chi connectivity index (χ2n) is 3.67. The van der Waals surface area contributed by atoms with Crippen LogP contribution in [-0.4, -0.2) is 11.2 Å². The molecular weight excluding hydrogens is 136 g/mol. The molecule has 0 radical (unpaired) electrons. The first-order valence-corrected chi connectivity index (χ1v) is 4.53. The van der Waals surface area contributed by atoms with Gasteiger partial charge >= 0.3 is 0 Å². The predicted molar refractivity (Wildman–Crippen MR) is 47.3 cm³/mol. The maximum Gasteiger partial charge on any atom is 0.0633 e. The van der Waals surface area contributed by atoms with Crippen molar-refractivity contribution in [2.24, 2.45) is 17.8 Å². The highest BCUT2D eigenvalue weighted by molar-refractivity contribution is 5.02. The molecule has 1 rings (SSSR count). The van der Waals surface area contributed by atoms with Gasteiger partial charge in [-0.15, -0.1) is 0 Å². The van der Waals surface area contributed by atoms with Crippen LogP contribution in [-0.2, 0) is 0 Å². The molecular formula is C10H18O. The Bertz CT molecular complexity index is 151. The Kier molecular flexibility index (Phi) is 2.72. The summed E-state index contributed by atoms with van der Waals surface area (Å²) in [5.41, 5.74) is 0. The first kappa shape index (κ1) is 8.79. The van der Waals surface area contributed by atoms with E-state index in [0.717, 1.165) is 6.42 Å². The lowest BCUT2D eigenvalue weighted by Crippen LogP contribution is -2.32. The van der Waals surface area contributed by atoms with Gasteiger partial charge in [-0.2, -0.15) is 0 Å². The lowest BCUT2D eigenvalue weighted by molar-refractivity contribution is 0.0510. The Morgan fingerprint density at radius 3 is 2.45 bits per heavy atom. The van der Waals surface area contributed by atoms with Gasteiger partial charge in [-0.1, -0.05) is 32.9 Å². The molecule has 0 aromatic rings. The van der Waals surface area contributed by atoms with E-state index in [0.29, 0.717) is 17.8 Å². The van der Waals surface area contributed by atoms with Gasteiger partial charge in [0.05, 0.1) is 6.10 Å². The third-order valence-corrected chi connectivity index (χ3v) is 2.94. The van der Waals surface area contributed by atoms with Crippen molar-refractivity contribution < 1.29 is 5.11 Å². The zero-order chi connectivity index (χ0) is 8.43. The van der Waals surface area contributed by atoms with Crippen molar-refractivity contribution in [2.45, 2.75) is 33.3 Å². The van der Waals surface area contributed by atoms with Crippen LogP contribution in [0.25, 0.3) is 0 Å². The average Bonchev–Trinajstić information content (AvgIpc) is 2.01. The summed E-state index contributed by atoms with van der Waals surface area (Å²) in [6, 6.07) is 0. The SMILES string of the molecule is CCC1C=CC(C)C(C)C1O. The molecule has 0 bridgehead atoms. The minimum Gasteiger partial charge on any atom is -0.392 e. The van der Waals surface area contributed by atoms with Crippen molar-refractivity contribution in [3.8, 4) is 0 Å². The van der Waals surface area contributed by atoms with Crippen LogP contribution in [0.3, 0.4) is 0 Å². The largest absolute Gasteiger partial charge is 0.392 e. The molecule has 1 aliphatic rings. The van der Waals surface area contributed by atoms with Crippen molar-refractivity contribution >= 4 is 0 Å². The molecule has 0 amide bonds. The van der Waals surface area contributed by atoms with Gasteiger partial charge in [0.2, 0.25) is 0 Å². The van der Waals surface area contributed by atoms with Gasteiger partial charge < -0.3 is 5.11 Å². The number of aliphatic hydroxyl groups is 1. The minimum absolute atomic E-state index is 0.125. The Labute approximate surface area is 69.1 Å². The fourth-order valence-electron chi connectivity index (χ4n) is 1.69. The quantitative estimate of drug-likeness (QED) is 0.574. The number of rotatable bonds is 1. The highest BCUT2D eigenvalue weighted by Crippen LogP contribution is 2.29. The maximum absolute atomic E-state index is 9.76. The summed E-state index contributed by atoms with van der Waals surface area (Å²) in [6.07, 6.45) is 5.32. The molecule has 1 nitrogen and oxygen atoms in total. The number of allylic oxidation sites excluding steroid dienone is 1. The van der Waals surface area contributed by atoms with Crippen LogP contribution in [0, 0.1) is 17.8 Å². The minimum atomic E-state index is -0.125. The molecule has 4 unspecified atom stereocenters. The van der Waals surface area contributed by atoms with Gasteiger partial charge in [0.1, 0.15) is 0 Å². The molecule has 0 aliphatic heterocycles. The van der Waals surface area contributed by atoms with E-state index >= 15 is 0 Å². The van der Waals surface area contributed by atoms with E-state index in [-0.39, 0.29) is 6.10 Å². The van der Waals surface area contributed by atoms with Gasteiger partial charge in [0.25, 0.3) is 0 Å². The normalized spacial score (nSPS) is 44.4. The molecule has 0 saturated heterocycles. The molecule has 0 heterocycles. The molecule has 0 aromatic carbocycles. The third-order valence-electron chi connectivity index (χ3n) is 2.94. The van der Waals surface area contributed by atoms with E-state index in [1.807, 2.05) is 0 Å². The third kappa shape index (κ3) is 1.64. The molecule has 1 aliphatic carbocycles. The van der Waals surface area contributed by atoms with Crippen LogP contribution < -0.4 is 0 Å². The van der Waals surface area contributed by atoms with E-state index in [1.54, 1.807) is 0 Å². The van der Waals surface area contributed by atoms with Crippen LogP contribution >= 0.6 is 0 Å². The molecule has 64 valence electrons. The van der Waals surface area contributed by atoms with Crippen LogP contribution in [0.5, 0.6) is 0 Å². The summed E-state index contributed by atoms with van der Waals surface area (Å²) >= 11 is 0. The monoisotopic (exact) mass is 154 g/mol. The van der Waals surface area contributed by atoms with Gasteiger partial charge in [-0.3, -0.25) is 0 Å². The second-order valence-corrected chi connectivity index (χ2v) is 3.67. The molecule has 11 heavy (non-hydrogen) atoms. The van der Waals surface area contributed by atoms with E-state index in [2.05, 4.69) is 32.9 Å². The lowest BCUT2D eigenvalue weighted by atomic mass is 9.78. The number of hydrogen-bond acceptors (Lipinski definition) is 1. The van der Waals surface area contributed by atoms with Crippen molar-refractivity contribution in [2.75, 3.05) is 0 Å². The number of hydrogen-bond donors (Lipinski definition) is 1. The first-order valence-electron chi connectivity index (χ1n) is 4.53. The fraction of sp³-hybridized carbons (Fsp3) is 0.800. The standard InChI is InChI=1S/C10H18O/c1-4-9-6-5-7(2)8(3)10(9)11/h5-11H,4H2,1-3H3. The van der Waals surface area contributed by atoms with E-state index < -0.39 is 0 Å². The summed E-state index contributed by atoms with van der Waals surface area (Å²) in [5.74, 6) is 1.35. The molecule has 0 fully saturated rings. The molecule has 0 aromatic heterocycles. The van der Waals surface area contributed by atoms with Gasteiger partial charge in [-0.05, 0) is 18.3 Å². The molecule has 1 heteroatoms. The molecule has 0 spiro atoms. The lowest BCUT2D eigenvalue weighted by Gasteiger charge is -2.32. The highest BCUT2D eigenvalue weighted by atomic mass is 16.3. The Hall–Kier alpha value is -0.300. The summed E-state index contributed by atoms with van der Waals surface area (Å²) in [7, 11) is 0. The second kappa shape index (κ2) is 3.40. The fourth-order valence-corrected chi connectivity index (χ4v) is 1.69. The van der Waals surface area contributed by atoms with Gasteiger partial charge in [0.15, 0.2) is 0 Å². The van der Waals surface area contributed by atoms with Crippen molar-refractivity contribution in [3.05, 3.63) is 12.2 Å². The predicted octanol–water partition coefficient (Wildman–Crippen LogP) is 2.22. The average molecular weight is 154 g/mol. The summed E-state index contributed by atoms with van der Waals surface area (Å²) in [5, 5.41) is 9.76. The van der Waals surface area contributed by atoms with E-state index in [9.17, 15) is 5.11 Å². The van der Waals surface area contributed by atoms with E-state index in [4.69, 9.17) is 0 Å². The van der Waals surface area contributed by atoms with Crippen molar-refractivity contribution in [3.63, 3.8) is 0 Å². The number of aliphatic hydroxyl groups excluding tert-OH is 1. The van der Waals surface area contributed by atoms with Crippen LogP contribution in [0.1, 0.15) is 27.2 Å². The van der Waals surface area contributed by atoms with Gasteiger partial charge in [-0.25, -0.2) is 0 Å². The Morgan fingerprint density at radius 1 is 1.27 bits per heavy atom. The summed E-state index contributed by atoms with van der Waals surface area (Å²) in [6.45, 7) is 6.42. The van der Waals surface area contributed by atoms with Gasteiger partial charge in [0, 0.05) is 5.92 Å². The Balaban J connectivity index is 2.68. The molecule has 1 N–H and O–H groups in total. The van der Waals surface area contributed by atoms with Crippen molar-refractivity contribution in [1.29, 1.82) is 0 Å². The smallest absolute Gasteiger partial charge is 0.0633 e. The summed E-state index contributed by atoms with van der Waals surface area (Å²) in [4.78, 5) is 0. The maximum atomic E-state index is 9.76. The van der Waals surface area contributed by atoms with Crippen LogP contribution in [0.4, 0.5) is 0 Å². The Morgan fingerprint density at radius 2 is 1.91 bits per heavy atom.